The maximum Gasteiger partial charge on any atom is 0.323 e. The lowest BCUT2D eigenvalue weighted by atomic mass is 9.93. The van der Waals surface area contributed by atoms with Crippen LogP contribution in [-0.2, 0) is 16.0 Å². The second-order valence-electron chi connectivity index (χ2n) is 9.54. The topological polar surface area (TPSA) is 62.2 Å². The van der Waals surface area contributed by atoms with Gasteiger partial charge in [-0.3, -0.25) is 9.69 Å². The van der Waals surface area contributed by atoms with E-state index in [9.17, 15) is 9.90 Å². The molecule has 0 spiro atoms. The van der Waals surface area contributed by atoms with Gasteiger partial charge in [-0.05, 0) is 68.5 Å². The minimum absolute atomic E-state index is 0.195. The Hall–Kier alpha value is -1.99. The minimum atomic E-state index is -0.372. The first-order valence-corrected chi connectivity index (χ1v) is 13.1. The largest absolute Gasteiger partial charge is 0.508 e. The Labute approximate surface area is 217 Å². The van der Waals surface area contributed by atoms with Crippen molar-refractivity contribution in [1.29, 1.82) is 0 Å². The summed E-state index contributed by atoms with van der Waals surface area (Å²) in [5.41, 5.74) is 0.774. The molecular formula is C27H34Cl2N2O4. The van der Waals surface area contributed by atoms with Gasteiger partial charge in [0, 0.05) is 32.1 Å². The summed E-state index contributed by atoms with van der Waals surface area (Å²) in [6.07, 6.45) is 4.73. The lowest BCUT2D eigenvalue weighted by Gasteiger charge is -2.39. The van der Waals surface area contributed by atoms with Crippen molar-refractivity contribution in [3.8, 4) is 11.5 Å². The highest BCUT2D eigenvalue weighted by molar-refractivity contribution is 6.42. The molecule has 35 heavy (non-hydrogen) atoms. The Balaban J connectivity index is 1.23. The number of likely N-dealkylation sites (tertiary alicyclic amines) is 2. The molecule has 6 nitrogen and oxygen atoms in total. The number of ether oxygens (including phenoxy) is 2. The summed E-state index contributed by atoms with van der Waals surface area (Å²) < 4.78 is 11.2. The standard InChI is InChI=1S/C27H34Cl2N2O4/c1-34-27(33)25(16-20-4-2-3-5-26(20)32)31-14-8-19(9-15-31)18-30-12-10-21(11-13-30)35-22-6-7-23(28)24(29)17-22/h2-7,17,19,21,25,32H,8-16,18H2,1H3. The predicted molar refractivity (Wildman–Crippen MR) is 138 cm³/mol. The molecule has 4 rings (SSSR count). The van der Waals surface area contributed by atoms with E-state index in [4.69, 9.17) is 32.7 Å². The van der Waals surface area contributed by atoms with Crippen LogP contribution in [-0.4, -0.2) is 72.9 Å². The van der Waals surface area contributed by atoms with E-state index in [0.717, 1.165) is 69.7 Å². The first-order chi connectivity index (χ1) is 16.9. The van der Waals surface area contributed by atoms with E-state index in [1.54, 1.807) is 24.3 Å². The molecule has 0 bridgehead atoms. The Morgan fingerprint density at radius 3 is 2.40 bits per heavy atom. The highest BCUT2D eigenvalue weighted by Crippen LogP contribution is 2.29. The SMILES string of the molecule is COC(=O)C(Cc1ccccc1O)N1CCC(CN2CCC(Oc3ccc(Cl)c(Cl)c3)CC2)CC1. The summed E-state index contributed by atoms with van der Waals surface area (Å²) in [5, 5.41) is 11.2. The molecule has 2 saturated heterocycles. The zero-order chi connectivity index (χ0) is 24.8. The summed E-state index contributed by atoms with van der Waals surface area (Å²) in [7, 11) is 1.43. The molecular weight excluding hydrogens is 487 g/mol. The van der Waals surface area contributed by atoms with Gasteiger partial charge in [-0.25, -0.2) is 0 Å². The van der Waals surface area contributed by atoms with Gasteiger partial charge >= 0.3 is 5.97 Å². The van der Waals surface area contributed by atoms with E-state index in [1.165, 1.54) is 7.11 Å². The third kappa shape index (κ3) is 7.04. The van der Waals surface area contributed by atoms with Crippen molar-refractivity contribution in [3.05, 3.63) is 58.1 Å². The molecule has 8 heteroatoms. The molecule has 0 aromatic heterocycles. The number of nitrogens with zero attached hydrogens (tertiary/aromatic N) is 2. The molecule has 0 radical (unpaired) electrons. The van der Waals surface area contributed by atoms with Crippen molar-refractivity contribution >= 4 is 29.2 Å². The van der Waals surface area contributed by atoms with Crippen LogP contribution in [0.2, 0.25) is 10.0 Å². The number of benzene rings is 2. The summed E-state index contributed by atoms with van der Waals surface area (Å²) in [6, 6.07) is 12.3. The normalized spacial score (nSPS) is 19.4. The average Bonchev–Trinajstić information content (AvgIpc) is 2.87. The van der Waals surface area contributed by atoms with Crippen LogP contribution >= 0.6 is 23.2 Å². The van der Waals surface area contributed by atoms with Crippen molar-refractivity contribution in [3.63, 3.8) is 0 Å². The van der Waals surface area contributed by atoms with Gasteiger partial charge in [0.15, 0.2) is 0 Å². The monoisotopic (exact) mass is 520 g/mol. The minimum Gasteiger partial charge on any atom is -0.508 e. The maximum absolute atomic E-state index is 12.5. The van der Waals surface area contributed by atoms with Gasteiger partial charge in [0.25, 0.3) is 0 Å². The van der Waals surface area contributed by atoms with Crippen molar-refractivity contribution in [1.82, 2.24) is 9.80 Å². The fourth-order valence-electron chi connectivity index (χ4n) is 5.15. The molecule has 2 heterocycles. The van der Waals surface area contributed by atoms with E-state index in [-0.39, 0.29) is 23.9 Å². The van der Waals surface area contributed by atoms with E-state index < -0.39 is 0 Å². The van der Waals surface area contributed by atoms with E-state index in [1.807, 2.05) is 18.2 Å². The van der Waals surface area contributed by atoms with Gasteiger partial charge in [-0.1, -0.05) is 41.4 Å². The number of esters is 1. The van der Waals surface area contributed by atoms with Crippen LogP contribution in [0.15, 0.2) is 42.5 Å². The molecule has 2 aromatic rings. The van der Waals surface area contributed by atoms with Crippen molar-refractivity contribution in [2.24, 2.45) is 5.92 Å². The van der Waals surface area contributed by atoms with Crippen molar-refractivity contribution in [2.45, 2.75) is 44.2 Å². The Kier molecular flexibility index (Phi) is 9.17. The third-order valence-corrected chi connectivity index (χ3v) is 7.95. The fraction of sp³-hybridized carbons (Fsp3) is 0.519. The number of aromatic hydroxyl groups is 1. The van der Waals surface area contributed by atoms with Gasteiger partial charge in [0.05, 0.1) is 17.2 Å². The smallest absolute Gasteiger partial charge is 0.323 e. The van der Waals surface area contributed by atoms with E-state index in [0.29, 0.717) is 22.4 Å². The van der Waals surface area contributed by atoms with Gasteiger partial charge in [-0.15, -0.1) is 0 Å². The first kappa shape index (κ1) is 26.1. The maximum atomic E-state index is 12.5. The lowest BCUT2D eigenvalue weighted by Crippen LogP contribution is -2.49. The Morgan fingerprint density at radius 2 is 1.74 bits per heavy atom. The molecule has 1 atom stereocenters. The number of phenolic OH excluding ortho intramolecular Hbond substituents is 1. The number of methoxy groups -OCH3 is 1. The van der Waals surface area contributed by atoms with Crippen LogP contribution in [0.25, 0.3) is 0 Å². The van der Waals surface area contributed by atoms with E-state index in [2.05, 4.69) is 9.80 Å². The molecule has 1 N–H and O–H groups in total. The number of rotatable bonds is 8. The molecule has 190 valence electrons. The van der Waals surface area contributed by atoms with Gasteiger partial charge in [0.2, 0.25) is 0 Å². The number of carbonyl (C=O) groups is 1. The molecule has 0 aliphatic carbocycles. The number of piperidine rings is 2. The third-order valence-electron chi connectivity index (χ3n) is 7.21. The molecule has 2 aromatic carbocycles. The van der Waals surface area contributed by atoms with Crippen LogP contribution < -0.4 is 4.74 Å². The number of para-hydroxylation sites is 1. The second kappa shape index (κ2) is 12.3. The summed E-state index contributed by atoms with van der Waals surface area (Å²) in [5.74, 6) is 1.37. The summed E-state index contributed by atoms with van der Waals surface area (Å²) in [6.45, 7) is 4.83. The van der Waals surface area contributed by atoms with Gasteiger partial charge < -0.3 is 19.5 Å². The fourth-order valence-corrected chi connectivity index (χ4v) is 5.44. The number of carbonyl (C=O) groups excluding carboxylic acids is 1. The Bertz CT molecular complexity index is 989. The highest BCUT2D eigenvalue weighted by Gasteiger charge is 2.32. The van der Waals surface area contributed by atoms with Crippen LogP contribution in [0.1, 0.15) is 31.2 Å². The molecule has 0 amide bonds. The summed E-state index contributed by atoms with van der Waals surface area (Å²) >= 11 is 12.1. The second-order valence-corrected chi connectivity index (χ2v) is 10.4. The van der Waals surface area contributed by atoms with Crippen LogP contribution in [0.5, 0.6) is 11.5 Å². The quantitative estimate of drug-likeness (QED) is 0.492. The average molecular weight is 521 g/mol. The van der Waals surface area contributed by atoms with Gasteiger partial charge in [0.1, 0.15) is 23.6 Å². The van der Waals surface area contributed by atoms with Crippen molar-refractivity contribution < 1.29 is 19.4 Å². The van der Waals surface area contributed by atoms with Gasteiger partial charge in [-0.2, -0.15) is 0 Å². The molecule has 0 saturated carbocycles. The van der Waals surface area contributed by atoms with Crippen LogP contribution in [0.3, 0.4) is 0 Å². The van der Waals surface area contributed by atoms with Crippen LogP contribution in [0, 0.1) is 5.92 Å². The number of halogens is 2. The highest BCUT2D eigenvalue weighted by atomic mass is 35.5. The summed E-state index contributed by atoms with van der Waals surface area (Å²) in [4.78, 5) is 17.3. The number of hydrogen-bond acceptors (Lipinski definition) is 6. The molecule has 2 aliphatic heterocycles. The van der Waals surface area contributed by atoms with E-state index >= 15 is 0 Å². The zero-order valence-corrected chi connectivity index (χ0v) is 21.7. The lowest BCUT2D eigenvalue weighted by molar-refractivity contribution is -0.147. The molecule has 2 fully saturated rings. The number of phenols is 1. The first-order valence-electron chi connectivity index (χ1n) is 12.4. The molecule has 1 unspecified atom stereocenters. The Morgan fingerprint density at radius 1 is 1.03 bits per heavy atom. The number of hydrogen-bond donors (Lipinski definition) is 1. The van der Waals surface area contributed by atoms with Crippen LogP contribution in [0.4, 0.5) is 0 Å². The van der Waals surface area contributed by atoms with Crippen molar-refractivity contribution in [2.75, 3.05) is 39.8 Å². The zero-order valence-electron chi connectivity index (χ0n) is 20.2. The predicted octanol–water partition coefficient (Wildman–Crippen LogP) is 5.04. The molecule has 2 aliphatic rings.